The summed E-state index contributed by atoms with van der Waals surface area (Å²) in [5, 5.41) is 6.82. The summed E-state index contributed by atoms with van der Waals surface area (Å²) in [5.41, 5.74) is 0.382. The highest BCUT2D eigenvalue weighted by atomic mass is 16.5. The van der Waals surface area contributed by atoms with E-state index in [1.807, 2.05) is 11.8 Å². The van der Waals surface area contributed by atoms with Gasteiger partial charge in [-0.3, -0.25) is 4.79 Å². The van der Waals surface area contributed by atoms with Crippen LogP contribution in [0.5, 0.6) is 0 Å². The minimum absolute atomic E-state index is 0.0344. The van der Waals surface area contributed by atoms with E-state index < -0.39 is 0 Å². The molecule has 1 amide bonds. The van der Waals surface area contributed by atoms with Gasteiger partial charge in [-0.1, -0.05) is 12.1 Å². The number of rotatable bonds is 4. The summed E-state index contributed by atoms with van der Waals surface area (Å²) in [6, 6.07) is 2.08. The zero-order valence-corrected chi connectivity index (χ0v) is 13.5. The number of nitrogens with zero attached hydrogens (tertiary/aromatic N) is 4. The van der Waals surface area contributed by atoms with Crippen molar-refractivity contribution in [2.45, 2.75) is 45.6 Å². The molecule has 23 heavy (non-hydrogen) atoms. The molecule has 1 unspecified atom stereocenters. The summed E-state index contributed by atoms with van der Waals surface area (Å²) in [4.78, 5) is 23.0. The Kier molecular flexibility index (Phi) is 4.55. The van der Waals surface area contributed by atoms with Crippen LogP contribution in [-0.4, -0.2) is 38.5 Å². The molecule has 1 fully saturated rings. The average Bonchev–Trinajstić information content (AvgIpc) is 3.00. The van der Waals surface area contributed by atoms with Crippen LogP contribution >= 0.6 is 0 Å². The first-order valence-electron chi connectivity index (χ1n) is 8.00. The highest BCUT2D eigenvalue weighted by molar-refractivity contribution is 5.92. The monoisotopic (exact) mass is 315 g/mol. The zero-order chi connectivity index (χ0) is 16.2. The standard InChI is InChI=1S/C16H21N5O2/c1-3-12-6-4-5-7-21(12)16(22)13-9-18-15(10-17-13)19-14-8-11(2)23-20-14/h8-10,12H,3-7H2,1-2H3,(H,18,19,20). The van der Waals surface area contributed by atoms with Crippen LogP contribution in [0, 0.1) is 6.92 Å². The van der Waals surface area contributed by atoms with Crippen LogP contribution in [0.4, 0.5) is 11.6 Å². The third-order valence-corrected chi connectivity index (χ3v) is 4.11. The molecule has 3 rings (SSSR count). The van der Waals surface area contributed by atoms with Crippen LogP contribution in [0.2, 0.25) is 0 Å². The molecule has 1 aliphatic rings. The van der Waals surface area contributed by atoms with Crippen molar-refractivity contribution in [3.63, 3.8) is 0 Å². The van der Waals surface area contributed by atoms with Crippen molar-refractivity contribution in [1.29, 1.82) is 0 Å². The van der Waals surface area contributed by atoms with Crippen LogP contribution < -0.4 is 5.32 Å². The van der Waals surface area contributed by atoms with E-state index in [4.69, 9.17) is 4.52 Å². The van der Waals surface area contributed by atoms with Gasteiger partial charge in [0.15, 0.2) is 5.82 Å². The average molecular weight is 315 g/mol. The molecule has 2 aromatic heterocycles. The van der Waals surface area contributed by atoms with E-state index in [-0.39, 0.29) is 5.91 Å². The largest absolute Gasteiger partial charge is 0.360 e. The molecular formula is C16H21N5O2. The highest BCUT2D eigenvalue weighted by Crippen LogP contribution is 2.21. The first kappa shape index (κ1) is 15.5. The predicted molar refractivity (Wildman–Crippen MR) is 85.5 cm³/mol. The second-order valence-corrected chi connectivity index (χ2v) is 5.79. The summed E-state index contributed by atoms with van der Waals surface area (Å²) >= 11 is 0. The van der Waals surface area contributed by atoms with Crippen molar-refractivity contribution in [1.82, 2.24) is 20.0 Å². The second-order valence-electron chi connectivity index (χ2n) is 5.79. The van der Waals surface area contributed by atoms with Gasteiger partial charge in [0.25, 0.3) is 5.91 Å². The fourth-order valence-electron chi connectivity index (χ4n) is 2.90. The summed E-state index contributed by atoms with van der Waals surface area (Å²) in [6.07, 6.45) is 7.35. The van der Waals surface area contributed by atoms with Crippen molar-refractivity contribution >= 4 is 17.5 Å². The van der Waals surface area contributed by atoms with Gasteiger partial charge in [0.05, 0.1) is 12.4 Å². The zero-order valence-electron chi connectivity index (χ0n) is 13.5. The van der Waals surface area contributed by atoms with Gasteiger partial charge in [0.2, 0.25) is 0 Å². The Bertz CT molecular complexity index is 667. The maximum atomic E-state index is 12.6. The molecule has 3 heterocycles. The molecule has 7 heteroatoms. The van der Waals surface area contributed by atoms with Gasteiger partial charge in [-0.05, 0) is 32.6 Å². The van der Waals surface area contributed by atoms with Crippen molar-refractivity contribution in [2.75, 3.05) is 11.9 Å². The van der Waals surface area contributed by atoms with E-state index in [1.54, 1.807) is 12.3 Å². The van der Waals surface area contributed by atoms with Crippen LogP contribution in [0.15, 0.2) is 23.0 Å². The summed E-state index contributed by atoms with van der Waals surface area (Å²) < 4.78 is 4.98. The number of carbonyl (C=O) groups is 1. The van der Waals surface area contributed by atoms with E-state index in [0.717, 1.165) is 25.8 Å². The lowest BCUT2D eigenvalue weighted by Crippen LogP contribution is -2.43. The molecule has 0 saturated carbocycles. The number of piperidine rings is 1. The Morgan fingerprint density at radius 1 is 1.35 bits per heavy atom. The Balaban J connectivity index is 1.69. The molecule has 7 nitrogen and oxygen atoms in total. The van der Waals surface area contributed by atoms with Gasteiger partial charge in [-0.2, -0.15) is 0 Å². The quantitative estimate of drug-likeness (QED) is 0.934. The summed E-state index contributed by atoms with van der Waals surface area (Å²) in [5.74, 6) is 1.77. The normalized spacial score (nSPS) is 18.0. The van der Waals surface area contributed by atoms with Gasteiger partial charge in [0, 0.05) is 18.7 Å². The number of anilines is 2. The third kappa shape index (κ3) is 3.49. The number of aromatic nitrogens is 3. The minimum Gasteiger partial charge on any atom is -0.360 e. The molecule has 2 aromatic rings. The van der Waals surface area contributed by atoms with Crippen molar-refractivity contribution < 1.29 is 9.32 Å². The Morgan fingerprint density at radius 2 is 2.22 bits per heavy atom. The van der Waals surface area contributed by atoms with E-state index in [0.29, 0.717) is 29.1 Å². The second kappa shape index (κ2) is 6.76. The van der Waals surface area contributed by atoms with Gasteiger partial charge >= 0.3 is 0 Å². The smallest absolute Gasteiger partial charge is 0.274 e. The first-order valence-corrected chi connectivity index (χ1v) is 8.00. The number of nitrogens with one attached hydrogen (secondary N) is 1. The van der Waals surface area contributed by atoms with Gasteiger partial charge in [0.1, 0.15) is 17.3 Å². The molecule has 0 bridgehead atoms. The van der Waals surface area contributed by atoms with E-state index in [9.17, 15) is 4.79 Å². The van der Waals surface area contributed by atoms with E-state index in [1.165, 1.54) is 12.6 Å². The van der Waals surface area contributed by atoms with Crippen LogP contribution in [0.1, 0.15) is 48.9 Å². The Morgan fingerprint density at radius 3 is 2.87 bits per heavy atom. The molecule has 0 aliphatic carbocycles. The maximum absolute atomic E-state index is 12.6. The molecule has 1 saturated heterocycles. The first-order chi connectivity index (χ1) is 11.2. The van der Waals surface area contributed by atoms with Gasteiger partial charge in [-0.15, -0.1) is 0 Å². The topological polar surface area (TPSA) is 84.2 Å². The van der Waals surface area contributed by atoms with E-state index >= 15 is 0 Å². The number of hydrogen-bond donors (Lipinski definition) is 1. The maximum Gasteiger partial charge on any atom is 0.274 e. The van der Waals surface area contributed by atoms with Crippen molar-refractivity contribution in [3.8, 4) is 0 Å². The molecule has 0 spiro atoms. The lowest BCUT2D eigenvalue weighted by atomic mass is 10.00. The SMILES string of the molecule is CCC1CCCCN1C(=O)c1cnc(Nc2cc(C)on2)cn1. The lowest BCUT2D eigenvalue weighted by molar-refractivity contribution is 0.0601. The van der Waals surface area contributed by atoms with Crippen LogP contribution in [0.3, 0.4) is 0 Å². The molecule has 0 aromatic carbocycles. The Hall–Kier alpha value is -2.44. The number of amides is 1. The minimum atomic E-state index is -0.0344. The summed E-state index contributed by atoms with van der Waals surface area (Å²) in [6.45, 7) is 4.74. The number of likely N-dealkylation sites (tertiary alicyclic amines) is 1. The van der Waals surface area contributed by atoms with E-state index in [2.05, 4.69) is 27.4 Å². The Labute approximate surface area is 135 Å². The van der Waals surface area contributed by atoms with Crippen molar-refractivity contribution in [3.05, 3.63) is 29.9 Å². The molecule has 1 atom stereocenters. The fourth-order valence-corrected chi connectivity index (χ4v) is 2.90. The molecule has 122 valence electrons. The van der Waals surface area contributed by atoms with Crippen LogP contribution in [0.25, 0.3) is 0 Å². The molecule has 0 radical (unpaired) electrons. The summed E-state index contributed by atoms with van der Waals surface area (Å²) in [7, 11) is 0. The fraction of sp³-hybridized carbons (Fsp3) is 0.500. The lowest BCUT2D eigenvalue weighted by Gasteiger charge is -2.34. The van der Waals surface area contributed by atoms with Crippen molar-refractivity contribution in [2.24, 2.45) is 0 Å². The molecule has 1 N–H and O–H groups in total. The number of carbonyl (C=O) groups excluding carboxylic acids is 1. The molecule has 1 aliphatic heterocycles. The highest BCUT2D eigenvalue weighted by Gasteiger charge is 2.27. The van der Waals surface area contributed by atoms with Gasteiger partial charge < -0.3 is 14.7 Å². The predicted octanol–water partition coefficient (Wildman–Crippen LogP) is 2.92. The number of aryl methyl sites for hydroxylation is 1. The number of hydrogen-bond acceptors (Lipinski definition) is 6. The third-order valence-electron chi connectivity index (χ3n) is 4.11. The molecular weight excluding hydrogens is 294 g/mol. The van der Waals surface area contributed by atoms with Gasteiger partial charge in [-0.25, -0.2) is 9.97 Å². The van der Waals surface area contributed by atoms with Crippen LogP contribution in [-0.2, 0) is 0 Å².